The van der Waals surface area contributed by atoms with Gasteiger partial charge >= 0.3 is 0 Å². The van der Waals surface area contributed by atoms with Crippen LogP contribution in [0.15, 0.2) is 48.7 Å². The van der Waals surface area contributed by atoms with E-state index < -0.39 is 0 Å². The molecule has 0 atom stereocenters. The van der Waals surface area contributed by atoms with Crippen LogP contribution in [-0.2, 0) is 7.05 Å². The number of benzene rings is 2. The van der Waals surface area contributed by atoms with Gasteiger partial charge in [-0.3, -0.25) is 4.79 Å². The third kappa shape index (κ3) is 2.49. The lowest BCUT2D eigenvalue weighted by molar-refractivity contribution is 0.102. The highest BCUT2D eigenvalue weighted by atomic mass is 32.1. The van der Waals surface area contributed by atoms with Gasteiger partial charge in [-0.15, -0.1) is 11.3 Å². The van der Waals surface area contributed by atoms with Gasteiger partial charge in [-0.05, 0) is 49.4 Å². The van der Waals surface area contributed by atoms with Gasteiger partial charge in [-0.2, -0.15) is 0 Å². The van der Waals surface area contributed by atoms with Crippen molar-refractivity contribution in [3.63, 3.8) is 0 Å². The smallest absolute Gasteiger partial charge is 0.255 e. The molecule has 1 N–H and O–H groups in total. The number of amides is 1. The van der Waals surface area contributed by atoms with Crippen LogP contribution in [0.2, 0.25) is 0 Å². The van der Waals surface area contributed by atoms with E-state index in [-0.39, 0.29) is 5.91 Å². The number of carbonyl (C=O) groups excluding carboxylic acids is 1. The molecule has 0 saturated heterocycles. The number of thiazole rings is 1. The molecular weight excluding hydrogens is 306 g/mol. The summed E-state index contributed by atoms with van der Waals surface area (Å²) in [5.74, 6) is -0.109. The number of aryl methyl sites for hydroxylation is 2. The highest BCUT2D eigenvalue weighted by Gasteiger charge is 2.09. The molecule has 23 heavy (non-hydrogen) atoms. The Balaban J connectivity index is 1.64. The first-order valence-corrected chi connectivity index (χ1v) is 8.15. The van der Waals surface area contributed by atoms with E-state index in [2.05, 4.69) is 10.3 Å². The van der Waals surface area contributed by atoms with E-state index in [0.29, 0.717) is 5.56 Å². The van der Waals surface area contributed by atoms with Gasteiger partial charge < -0.3 is 9.88 Å². The van der Waals surface area contributed by atoms with Crippen LogP contribution in [0.5, 0.6) is 0 Å². The molecule has 0 fully saturated rings. The maximum Gasteiger partial charge on any atom is 0.255 e. The number of anilines is 1. The lowest BCUT2D eigenvalue weighted by atomic mass is 10.1. The van der Waals surface area contributed by atoms with Crippen molar-refractivity contribution in [2.75, 3.05) is 5.32 Å². The van der Waals surface area contributed by atoms with Crippen LogP contribution in [-0.4, -0.2) is 15.5 Å². The van der Waals surface area contributed by atoms with Gasteiger partial charge in [-0.25, -0.2) is 4.98 Å². The maximum absolute atomic E-state index is 12.5. The van der Waals surface area contributed by atoms with Gasteiger partial charge in [-0.1, -0.05) is 0 Å². The predicted molar refractivity (Wildman–Crippen MR) is 95.2 cm³/mol. The van der Waals surface area contributed by atoms with Gasteiger partial charge in [0.2, 0.25) is 0 Å². The first kappa shape index (κ1) is 14.0. The maximum atomic E-state index is 12.5. The zero-order chi connectivity index (χ0) is 16.0. The van der Waals surface area contributed by atoms with Crippen LogP contribution in [0.3, 0.4) is 0 Å². The quantitative estimate of drug-likeness (QED) is 0.596. The number of hydrogen-bond donors (Lipinski definition) is 1. The lowest BCUT2D eigenvalue weighted by Gasteiger charge is -2.06. The molecule has 0 spiro atoms. The molecule has 2 aromatic carbocycles. The second kappa shape index (κ2) is 5.21. The number of nitrogens with zero attached hydrogens (tertiary/aromatic N) is 2. The van der Waals surface area contributed by atoms with Crippen LogP contribution in [0.4, 0.5) is 5.69 Å². The second-order valence-electron chi connectivity index (χ2n) is 5.57. The van der Waals surface area contributed by atoms with Crippen molar-refractivity contribution in [2.45, 2.75) is 6.92 Å². The largest absolute Gasteiger partial charge is 0.351 e. The highest BCUT2D eigenvalue weighted by Crippen LogP contribution is 2.25. The predicted octanol–water partition coefficient (Wildman–Crippen LogP) is 4.35. The van der Waals surface area contributed by atoms with Crippen LogP contribution in [0, 0.1) is 6.92 Å². The van der Waals surface area contributed by atoms with Gasteiger partial charge in [0.1, 0.15) is 0 Å². The Bertz CT molecular complexity index is 1040. The summed E-state index contributed by atoms with van der Waals surface area (Å²) in [7, 11) is 1.99. The average molecular weight is 321 g/mol. The first-order valence-electron chi connectivity index (χ1n) is 7.34. The minimum atomic E-state index is -0.109. The number of nitrogens with one attached hydrogen (secondary N) is 1. The molecule has 4 nitrogen and oxygen atoms in total. The van der Waals surface area contributed by atoms with Crippen LogP contribution in [0.1, 0.15) is 15.4 Å². The van der Waals surface area contributed by atoms with Crippen molar-refractivity contribution < 1.29 is 4.79 Å². The van der Waals surface area contributed by atoms with Crippen molar-refractivity contribution in [1.82, 2.24) is 9.55 Å². The van der Waals surface area contributed by atoms with Gasteiger partial charge in [0.15, 0.2) is 0 Å². The molecule has 4 aromatic rings. The summed E-state index contributed by atoms with van der Waals surface area (Å²) in [6.07, 6.45) is 1.99. The lowest BCUT2D eigenvalue weighted by Crippen LogP contribution is -2.11. The number of carbonyl (C=O) groups is 1. The summed E-state index contributed by atoms with van der Waals surface area (Å²) in [4.78, 5) is 16.9. The van der Waals surface area contributed by atoms with Crippen molar-refractivity contribution in [2.24, 2.45) is 7.05 Å². The zero-order valence-corrected chi connectivity index (χ0v) is 13.6. The number of fused-ring (bicyclic) bond motifs is 2. The molecule has 5 heteroatoms. The molecule has 4 rings (SSSR count). The molecule has 2 heterocycles. The fourth-order valence-corrected chi connectivity index (χ4v) is 3.55. The standard InChI is InChI=1S/C18H15N3OS/c1-11-19-15-10-14(4-6-17(15)23-11)20-18(22)13-3-5-16-12(9-13)7-8-21(16)2/h3-10H,1-2H3,(H,20,22). The monoisotopic (exact) mass is 321 g/mol. The molecule has 0 bridgehead atoms. The van der Waals surface area contributed by atoms with Crippen LogP contribution < -0.4 is 5.32 Å². The molecule has 0 unspecified atom stereocenters. The number of aromatic nitrogens is 2. The summed E-state index contributed by atoms with van der Waals surface area (Å²) in [6, 6.07) is 13.6. The molecule has 0 aliphatic carbocycles. The van der Waals surface area contributed by atoms with Crippen molar-refractivity contribution >= 4 is 44.1 Å². The molecule has 114 valence electrons. The van der Waals surface area contributed by atoms with E-state index in [4.69, 9.17) is 0 Å². The van der Waals surface area contributed by atoms with Crippen LogP contribution >= 0.6 is 11.3 Å². The molecule has 0 saturated carbocycles. The molecule has 0 aliphatic heterocycles. The van der Waals surface area contributed by atoms with Crippen LogP contribution in [0.25, 0.3) is 21.1 Å². The Kier molecular flexibility index (Phi) is 3.16. The molecule has 0 radical (unpaired) electrons. The third-order valence-corrected chi connectivity index (χ3v) is 4.85. The van der Waals surface area contributed by atoms with Crippen molar-refractivity contribution in [3.05, 3.63) is 59.2 Å². The first-order chi connectivity index (χ1) is 11.1. The fourth-order valence-electron chi connectivity index (χ4n) is 2.75. The zero-order valence-electron chi connectivity index (χ0n) is 12.8. The fraction of sp³-hybridized carbons (Fsp3) is 0.111. The Morgan fingerprint density at radius 2 is 2.04 bits per heavy atom. The van der Waals surface area contributed by atoms with Gasteiger partial charge in [0.05, 0.1) is 15.2 Å². The molecule has 2 aromatic heterocycles. The third-order valence-electron chi connectivity index (χ3n) is 3.90. The Morgan fingerprint density at radius 1 is 1.17 bits per heavy atom. The topological polar surface area (TPSA) is 46.9 Å². The minimum absolute atomic E-state index is 0.109. The second-order valence-corrected chi connectivity index (χ2v) is 6.80. The van der Waals surface area contributed by atoms with Gasteiger partial charge in [0.25, 0.3) is 5.91 Å². The van der Waals surface area contributed by atoms with E-state index >= 15 is 0 Å². The number of rotatable bonds is 2. The molecular formula is C18H15N3OS. The summed E-state index contributed by atoms with van der Waals surface area (Å²) in [5, 5.41) is 5.04. The Hall–Kier alpha value is -2.66. The van der Waals surface area contributed by atoms with Crippen molar-refractivity contribution in [1.29, 1.82) is 0 Å². The van der Waals surface area contributed by atoms with Gasteiger partial charge in [0, 0.05) is 35.4 Å². The van der Waals surface area contributed by atoms with E-state index in [0.717, 1.165) is 31.8 Å². The molecule has 1 amide bonds. The van der Waals surface area contributed by atoms with E-state index in [1.165, 1.54) is 0 Å². The van der Waals surface area contributed by atoms with E-state index in [1.807, 2.05) is 67.2 Å². The summed E-state index contributed by atoms with van der Waals surface area (Å²) >= 11 is 1.65. The SMILES string of the molecule is Cc1nc2cc(NC(=O)c3ccc4c(ccn4C)c3)ccc2s1. The van der Waals surface area contributed by atoms with E-state index in [9.17, 15) is 4.79 Å². The molecule has 0 aliphatic rings. The Morgan fingerprint density at radius 3 is 2.91 bits per heavy atom. The Labute approximate surface area is 137 Å². The van der Waals surface area contributed by atoms with Crippen molar-refractivity contribution in [3.8, 4) is 0 Å². The average Bonchev–Trinajstić information content (AvgIpc) is 3.08. The summed E-state index contributed by atoms with van der Waals surface area (Å²) in [6.45, 7) is 1.98. The minimum Gasteiger partial charge on any atom is -0.351 e. The number of hydrogen-bond acceptors (Lipinski definition) is 3. The highest BCUT2D eigenvalue weighted by molar-refractivity contribution is 7.18. The summed E-state index contributed by atoms with van der Waals surface area (Å²) < 4.78 is 3.17. The summed E-state index contributed by atoms with van der Waals surface area (Å²) in [5.41, 5.74) is 3.45. The normalized spacial score (nSPS) is 11.2. The van der Waals surface area contributed by atoms with E-state index in [1.54, 1.807) is 11.3 Å².